The predicted molar refractivity (Wildman–Crippen MR) is 117 cm³/mol. The van der Waals surface area contributed by atoms with Gasteiger partial charge in [0.15, 0.2) is 10.9 Å². The number of aryl methyl sites for hydroxylation is 3. The number of aromatic nitrogens is 2. The number of fused-ring (bicyclic) bond motifs is 1. The van der Waals surface area contributed by atoms with E-state index >= 15 is 0 Å². The molecule has 0 saturated carbocycles. The highest BCUT2D eigenvalue weighted by Crippen LogP contribution is 2.29. The zero-order valence-corrected chi connectivity index (χ0v) is 18.3. The first-order valence-electron chi connectivity index (χ1n) is 9.81. The number of esters is 1. The van der Waals surface area contributed by atoms with Crippen LogP contribution in [0.1, 0.15) is 52.6 Å². The summed E-state index contributed by atoms with van der Waals surface area (Å²) in [6.07, 6.45) is 0. The normalized spacial score (nSPS) is 12.2. The zero-order chi connectivity index (χ0) is 21.1. The minimum absolute atomic E-state index is 0.0834. The standard InChI is InChI=1S/C23H26N2O3S/c1-6-25-20-11-10-18(22(27)28-7-2)13-19(20)24-23(25)29-16(5)21(26)17-9-8-14(3)15(4)12-17/h8-13,16H,6-7H2,1-5H3/t16-/m1/s1. The fourth-order valence-corrected chi connectivity index (χ4v) is 4.25. The van der Waals surface area contributed by atoms with E-state index in [0.717, 1.165) is 33.9 Å². The second kappa shape index (κ2) is 8.82. The monoisotopic (exact) mass is 410 g/mol. The number of imidazole rings is 1. The van der Waals surface area contributed by atoms with Gasteiger partial charge in [0.2, 0.25) is 0 Å². The first-order chi connectivity index (χ1) is 13.8. The Bertz CT molecular complexity index is 1070. The molecule has 0 aliphatic rings. The highest BCUT2D eigenvalue weighted by Gasteiger charge is 2.21. The highest BCUT2D eigenvalue weighted by atomic mass is 32.2. The molecule has 0 saturated heterocycles. The van der Waals surface area contributed by atoms with Crippen LogP contribution in [-0.2, 0) is 11.3 Å². The summed E-state index contributed by atoms with van der Waals surface area (Å²) >= 11 is 1.44. The third-order valence-electron chi connectivity index (χ3n) is 4.98. The molecule has 0 aliphatic carbocycles. The van der Waals surface area contributed by atoms with Crippen molar-refractivity contribution in [3.63, 3.8) is 0 Å². The number of ketones is 1. The Morgan fingerprint density at radius 3 is 2.45 bits per heavy atom. The van der Waals surface area contributed by atoms with Crippen molar-refractivity contribution in [2.45, 2.75) is 51.6 Å². The average molecular weight is 411 g/mol. The Kier molecular flexibility index (Phi) is 6.42. The van der Waals surface area contributed by atoms with Gasteiger partial charge in [-0.3, -0.25) is 4.79 Å². The molecule has 0 amide bonds. The van der Waals surface area contributed by atoms with Crippen molar-refractivity contribution in [2.75, 3.05) is 6.61 Å². The molecule has 0 aliphatic heterocycles. The largest absolute Gasteiger partial charge is 0.462 e. The maximum Gasteiger partial charge on any atom is 0.338 e. The Balaban J connectivity index is 1.89. The van der Waals surface area contributed by atoms with Gasteiger partial charge in [-0.15, -0.1) is 0 Å². The molecule has 5 nitrogen and oxygen atoms in total. The molecule has 1 aromatic heterocycles. The maximum absolute atomic E-state index is 12.9. The Hall–Kier alpha value is -2.60. The summed E-state index contributed by atoms with van der Waals surface area (Å²) in [7, 11) is 0. The molecule has 2 aromatic carbocycles. The quantitative estimate of drug-likeness (QED) is 0.304. The fraction of sp³-hybridized carbons (Fsp3) is 0.348. The van der Waals surface area contributed by atoms with E-state index in [1.54, 1.807) is 19.1 Å². The van der Waals surface area contributed by atoms with Crippen molar-refractivity contribution >= 4 is 34.5 Å². The Labute approximate surface area is 175 Å². The lowest BCUT2D eigenvalue weighted by atomic mass is 10.0. The van der Waals surface area contributed by atoms with Crippen LogP contribution in [0.5, 0.6) is 0 Å². The van der Waals surface area contributed by atoms with Crippen LogP contribution in [0.3, 0.4) is 0 Å². The van der Waals surface area contributed by atoms with Crippen molar-refractivity contribution in [3.8, 4) is 0 Å². The molecular formula is C23H26N2O3S. The number of thioether (sulfide) groups is 1. The summed E-state index contributed by atoms with van der Waals surface area (Å²) in [4.78, 5) is 29.6. The van der Waals surface area contributed by atoms with Gasteiger partial charge in [0.05, 0.1) is 28.5 Å². The fourth-order valence-electron chi connectivity index (χ4n) is 3.19. The lowest BCUT2D eigenvalue weighted by Gasteiger charge is -2.12. The summed E-state index contributed by atoms with van der Waals surface area (Å²) in [5.74, 6) is -0.270. The molecular weight excluding hydrogens is 384 g/mol. The summed E-state index contributed by atoms with van der Waals surface area (Å²) in [6.45, 7) is 10.8. The van der Waals surface area contributed by atoms with Gasteiger partial charge in [0.1, 0.15) is 0 Å². The van der Waals surface area contributed by atoms with Crippen LogP contribution in [0.15, 0.2) is 41.6 Å². The number of carbonyl (C=O) groups is 2. The van der Waals surface area contributed by atoms with E-state index in [4.69, 9.17) is 9.72 Å². The van der Waals surface area contributed by atoms with Crippen LogP contribution in [0.4, 0.5) is 0 Å². The average Bonchev–Trinajstić information content (AvgIpc) is 3.05. The Morgan fingerprint density at radius 2 is 1.79 bits per heavy atom. The van der Waals surface area contributed by atoms with Crippen LogP contribution < -0.4 is 0 Å². The maximum atomic E-state index is 12.9. The first kappa shape index (κ1) is 21.1. The lowest BCUT2D eigenvalue weighted by Crippen LogP contribution is -2.15. The number of ether oxygens (including phenoxy) is 1. The van der Waals surface area contributed by atoms with Crippen molar-refractivity contribution in [1.29, 1.82) is 0 Å². The predicted octanol–water partition coefficient (Wildman–Crippen LogP) is 5.21. The van der Waals surface area contributed by atoms with E-state index in [0.29, 0.717) is 12.2 Å². The van der Waals surface area contributed by atoms with Crippen LogP contribution >= 0.6 is 11.8 Å². The second-order valence-corrected chi connectivity index (χ2v) is 8.29. The molecule has 0 fully saturated rings. The number of hydrogen-bond acceptors (Lipinski definition) is 5. The number of benzene rings is 2. The summed E-state index contributed by atoms with van der Waals surface area (Å²) in [5.41, 5.74) is 5.15. The summed E-state index contributed by atoms with van der Waals surface area (Å²) in [5, 5.41) is 0.497. The summed E-state index contributed by atoms with van der Waals surface area (Å²) < 4.78 is 7.15. The number of Topliss-reactive ketones (excluding diaryl/α,β-unsaturated/α-hetero) is 1. The Morgan fingerprint density at radius 1 is 1.07 bits per heavy atom. The number of hydrogen-bond donors (Lipinski definition) is 0. The van der Waals surface area contributed by atoms with Gasteiger partial charge in [0, 0.05) is 12.1 Å². The van der Waals surface area contributed by atoms with Crippen LogP contribution in [0.25, 0.3) is 11.0 Å². The van der Waals surface area contributed by atoms with Gasteiger partial charge in [-0.2, -0.15) is 0 Å². The van der Waals surface area contributed by atoms with Crippen LogP contribution in [0.2, 0.25) is 0 Å². The third kappa shape index (κ3) is 4.37. The van der Waals surface area contributed by atoms with Crippen molar-refractivity contribution in [3.05, 3.63) is 58.7 Å². The number of nitrogens with zero attached hydrogens (tertiary/aromatic N) is 2. The lowest BCUT2D eigenvalue weighted by molar-refractivity contribution is 0.0526. The van der Waals surface area contributed by atoms with Gasteiger partial charge in [-0.05, 0) is 70.0 Å². The zero-order valence-electron chi connectivity index (χ0n) is 17.5. The van der Waals surface area contributed by atoms with Crippen LogP contribution in [0, 0.1) is 13.8 Å². The van der Waals surface area contributed by atoms with Crippen molar-refractivity contribution in [1.82, 2.24) is 9.55 Å². The van der Waals surface area contributed by atoms with Gasteiger partial charge in [0.25, 0.3) is 0 Å². The van der Waals surface area contributed by atoms with Gasteiger partial charge in [-0.1, -0.05) is 23.9 Å². The third-order valence-corrected chi connectivity index (χ3v) is 6.07. The molecule has 1 atom stereocenters. The molecule has 3 rings (SSSR count). The van der Waals surface area contributed by atoms with E-state index in [-0.39, 0.29) is 17.0 Å². The number of rotatable bonds is 7. The molecule has 152 valence electrons. The molecule has 0 N–H and O–H groups in total. The molecule has 1 heterocycles. The van der Waals surface area contributed by atoms with Gasteiger partial charge >= 0.3 is 5.97 Å². The van der Waals surface area contributed by atoms with E-state index < -0.39 is 0 Å². The summed E-state index contributed by atoms with van der Waals surface area (Å²) in [6, 6.07) is 11.2. The van der Waals surface area contributed by atoms with E-state index in [1.807, 2.05) is 52.0 Å². The van der Waals surface area contributed by atoms with E-state index in [2.05, 4.69) is 4.57 Å². The minimum atomic E-state index is -0.354. The molecule has 0 unspecified atom stereocenters. The number of carbonyl (C=O) groups excluding carboxylic acids is 2. The molecule has 6 heteroatoms. The van der Waals surface area contributed by atoms with Crippen LogP contribution in [-0.4, -0.2) is 33.2 Å². The minimum Gasteiger partial charge on any atom is -0.462 e. The highest BCUT2D eigenvalue weighted by molar-refractivity contribution is 8.00. The van der Waals surface area contributed by atoms with Gasteiger partial charge < -0.3 is 9.30 Å². The smallest absolute Gasteiger partial charge is 0.338 e. The first-order valence-corrected chi connectivity index (χ1v) is 10.7. The topological polar surface area (TPSA) is 61.2 Å². The van der Waals surface area contributed by atoms with Gasteiger partial charge in [-0.25, -0.2) is 9.78 Å². The molecule has 0 bridgehead atoms. The second-order valence-electron chi connectivity index (χ2n) is 6.99. The molecule has 29 heavy (non-hydrogen) atoms. The molecule has 0 radical (unpaired) electrons. The van der Waals surface area contributed by atoms with Crippen molar-refractivity contribution < 1.29 is 14.3 Å². The SMILES string of the molecule is CCOC(=O)c1ccc2c(c1)nc(S[C@H](C)C(=O)c1ccc(C)c(C)c1)n2CC. The van der Waals surface area contributed by atoms with E-state index in [9.17, 15) is 9.59 Å². The van der Waals surface area contributed by atoms with Crippen molar-refractivity contribution in [2.24, 2.45) is 0 Å². The molecule has 0 spiro atoms. The molecule has 3 aromatic rings. The van der Waals surface area contributed by atoms with E-state index in [1.165, 1.54) is 17.3 Å².